The van der Waals surface area contributed by atoms with Crippen LogP contribution in [0.2, 0.25) is 0 Å². The number of likely N-dealkylation sites (tertiary alicyclic amines) is 1. The summed E-state index contributed by atoms with van der Waals surface area (Å²) < 4.78 is 2.13. The van der Waals surface area contributed by atoms with Gasteiger partial charge in [0, 0.05) is 49.2 Å². The number of rotatable bonds is 4. The highest BCUT2D eigenvalue weighted by atomic mass is 32.1. The molecule has 25 heavy (non-hydrogen) atoms. The van der Waals surface area contributed by atoms with Crippen LogP contribution < -0.4 is 0 Å². The average Bonchev–Trinajstić information content (AvgIpc) is 3.34. The molecular formula is C17H18N6OS. The van der Waals surface area contributed by atoms with E-state index in [1.165, 1.54) is 6.20 Å². The van der Waals surface area contributed by atoms with Crippen molar-refractivity contribution < 1.29 is 4.79 Å². The Morgan fingerprint density at radius 1 is 1.24 bits per heavy atom. The Morgan fingerprint density at radius 2 is 2.20 bits per heavy atom. The van der Waals surface area contributed by atoms with Crippen LogP contribution >= 0.6 is 11.3 Å². The Hall–Kier alpha value is -2.61. The Bertz CT molecular complexity index is 832. The van der Waals surface area contributed by atoms with Gasteiger partial charge in [0.2, 0.25) is 0 Å². The van der Waals surface area contributed by atoms with Crippen LogP contribution in [0.5, 0.6) is 0 Å². The van der Waals surface area contributed by atoms with E-state index in [4.69, 9.17) is 0 Å². The highest BCUT2D eigenvalue weighted by Gasteiger charge is 2.28. The van der Waals surface area contributed by atoms with Gasteiger partial charge in [-0.3, -0.25) is 9.78 Å². The van der Waals surface area contributed by atoms with Crippen molar-refractivity contribution in [2.75, 3.05) is 13.1 Å². The van der Waals surface area contributed by atoms with Gasteiger partial charge in [0.25, 0.3) is 5.91 Å². The molecule has 0 aliphatic carbocycles. The molecule has 3 aromatic heterocycles. The van der Waals surface area contributed by atoms with E-state index in [1.807, 2.05) is 22.8 Å². The van der Waals surface area contributed by atoms with Crippen LogP contribution in [0.15, 0.2) is 41.9 Å². The fourth-order valence-corrected chi connectivity index (χ4v) is 3.80. The lowest BCUT2D eigenvalue weighted by atomic mass is 9.96. The zero-order valence-electron chi connectivity index (χ0n) is 13.7. The summed E-state index contributed by atoms with van der Waals surface area (Å²) in [5.74, 6) is 1.18. The lowest BCUT2D eigenvalue weighted by Gasteiger charge is -2.32. The first-order chi connectivity index (χ1) is 12.3. The molecule has 0 saturated carbocycles. The second-order valence-electron chi connectivity index (χ2n) is 6.07. The van der Waals surface area contributed by atoms with Gasteiger partial charge in [0.05, 0.1) is 23.9 Å². The van der Waals surface area contributed by atoms with Gasteiger partial charge >= 0.3 is 0 Å². The first kappa shape index (κ1) is 15.9. The molecule has 128 valence electrons. The molecule has 0 bridgehead atoms. The summed E-state index contributed by atoms with van der Waals surface area (Å²) in [7, 11) is 0. The summed E-state index contributed by atoms with van der Waals surface area (Å²) in [5.41, 5.74) is 3.27. The van der Waals surface area contributed by atoms with Crippen molar-refractivity contribution in [3.8, 4) is 0 Å². The van der Waals surface area contributed by atoms with Crippen LogP contribution in [-0.4, -0.2) is 48.4 Å². The topological polar surface area (TPSA) is 76.8 Å². The highest BCUT2D eigenvalue weighted by Crippen LogP contribution is 2.27. The van der Waals surface area contributed by atoms with Gasteiger partial charge in [-0.25, -0.2) is 15.0 Å². The highest BCUT2D eigenvalue weighted by molar-refractivity contribution is 7.07. The molecule has 1 amide bonds. The fourth-order valence-electron chi connectivity index (χ4n) is 3.25. The van der Waals surface area contributed by atoms with Gasteiger partial charge in [-0.15, -0.1) is 11.3 Å². The number of hydrogen-bond donors (Lipinski definition) is 0. The number of aromatic nitrogens is 5. The minimum Gasteiger partial charge on any atom is -0.337 e. The van der Waals surface area contributed by atoms with Gasteiger partial charge in [-0.1, -0.05) is 0 Å². The number of carbonyl (C=O) groups excluding carboxylic acids is 1. The standard InChI is InChI=1S/C17H18N6OS/c24-17(15-8-18-3-4-19-15)23-6-1-2-13(9-23)16-20-5-7-22(16)10-14-11-25-12-21-14/h3-5,7-8,11-13H,1-2,6,9-10H2/t13-/m1/s1. The van der Waals surface area contributed by atoms with Crippen molar-refractivity contribution in [1.29, 1.82) is 0 Å². The minimum atomic E-state index is -0.0598. The van der Waals surface area contributed by atoms with Gasteiger partial charge in [-0.05, 0) is 12.8 Å². The van der Waals surface area contributed by atoms with Crippen LogP contribution in [0.1, 0.15) is 40.8 Å². The summed E-state index contributed by atoms with van der Waals surface area (Å²) in [6.07, 6.45) is 10.4. The minimum absolute atomic E-state index is 0.0598. The maximum Gasteiger partial charge on any atom is 0.274 e. The zero-order chi connectivity index (χ0) is 17.1. The van der Waals surface area contributed by atoms with E-state index in [0.717, 1.165) is 30.9 Å². The lowest BCUT2D eigenvalue weighted by molar-refractivity contribution is 0.0697. The van der Waals surface area contributed by atoms with Crippen molar-refractivity contribution in [2.24, 2.45) is 0 Å². The van der Waals surface area contributed by atoms with Gasteiger partial charge in [-0.2, -0.15) is 0 Å². The SMILES string of the molecule is O=C(c1cnccn1)N1CCC[C@@H](c2nccn2Cc2cscn2)C1. The van der Waals surface area contributed by atoms with E-state index in [0.29, 0.717) is 18.8 Å². The van der Waals surface area contributed by atoms with Crippen LogP contribution in [0.4, 0.5) is 0 Å². The molecule has 8 heteroatoms. The second kappa shape index (κ2) is 7.10. The average molecular weight is 354 g/mol. The first-order valence-corrected chi connectivity index (χ1v) is 9.19. The van der Waals surface area contributed by atoms with E-state index in [9.17, 15) is 4.79 Å². The first-order valence-electron chi connectivity index (χ1n) is 8.24. The molecule has 1 aliphatic heterocycles. The number of thiazole rings is 1. The molecule has 0 radical (unpaired) electrons. The summed E-state index contributed by atoms with van der Waals surface area (Å²) in [6.45, 7) is 2.12. The Labute approximate surface area is 149 Å². The number of piperidine rings is 1. The molecule has 4 heterocycles. The molecule has 1 fully saturated rings. The van der Waals surface area contributed by atoms with Crippen molar-refractivity contribution in [3.05, 3.63) is 59.1 Å². The predicted octanol–water partition coefficient (Wildman–Crippen LogP) is 2.20. The van der Waals surface area contributed by atoms with E-state index in [-0.39, 0.29) is 11.8 Å². The monoisotopic (exact) mass is 354 g/mol. The van der Waals surface area contributed by atoms with E-state index < -0.39 is 0 Å². The molecule has 3 aromatic rings. The quantitative estimate of drug-likeness (QED) is 0.718. The molecule has 1 saturated heterocycles. The maximum absolute atomic E-state index is 12.6. The third-order valence-corrected chi connectivity index (χ3v) is 5.05. The predicted molar refractivity (Wildman–Crippen MR) is 93.4 cm³/mol. The van der Waals surface area contributed by atoms with E-state index >= 15 is 0 Å². The lowest BCUT2D eigenvalue weighted by Crippen LogP contribution is -2.40. The third-order valence-electron chi connectivity index (χ3n) is 4.42. The number of hydrogen-bond acceptors (Lipinski definition) is 6. The molecule has 4 rings (SSSR count). The summed E-state index contributed by atoms with van der Waals surface area (Å²) in [4.78, 5) is 31.5. The molecule has 1 atom stereocenters. The summed E-state index contributed by atoms with van der Waals surface area (Å²) in [6, 6.07) is 0. The number of carbonyl (C=O) groups is 1. The van der Waals surface area contributed by atoms with Crippen molar-refractivity contribution in [1.82, 2.24) is 29.4 Å². The van der Waals surface area contributed by atoms with Crippen LogP contribution in [0, 0.1) is 0 Å². The smallest absolute Gasteiger partial charge is 0.274 e. The van der Waals surface area contributed by atoms with Gasteiger partial charge in [0.1, 0.15) is 11.5 Å². The largest absolute Gasteiger partial charge is 0.337 e. The Kier molecular flexibility index (Phi) is 4.51. The molecule has 0 aromatic carbocycles. The van der Waals surface area contributed by atoms with Crippen molar-refractivity contribution >= 4 is 17.2 Å². The number of amides is 1. The Morgan fingerprint density at radius 3 is 3.00 bits per heavy atom. The van der Waals surface area contributed by atoms with E-state index in [2.05, 4.69) is 29.9 Å². The normalized spacial score (nSPS) is 17.6. The number of imidazole rings is 1. The zero-order valence-corrected chi connectivity index (χ0v) is 14.5. The Balaban J connectivity index is 1.50. The molecule has 0 spiro atoms. The summed E-state index contributed by atoms with van der Waals surface area (Å²) >= 11 is 1.59. The number of nitrogens with zero attached hydrogens (tertiary/aromatic N) is 6. The third kappa shape index (κ3) is 3.43. The molecule has 0 N–H and O–H groups in total. The van der Waals surface area contributed by atoms with Crippen LogP contribution in [0.3, 0.4) is 0 Å². The van der Waals surface area contributed by atoms with Crippen LogP contribution in [-0.2, 0) is 6.54 Å². The van der Waals surface area contributed by atoms with Crippen molar-refractivity contribution in [3.63, 3.8) is 0 Å². The molecule has 7 nitrogen and oxygen atoms in total. The molecular weight excluding hydrogens is 336 g/mol. The fraction of sp³-hybridized carbons (Fsp3) is 0.353. The molecule has 0 unspecified atom stereocenters. The summed E-state index contributed by atoms with van der Waals surface area (Å²) in [5, 5.41) is 2.05. The van der Waals surface area contributed by atoms with Gasteiger partial charge < -0.3 is 9.47 Å². The molecule has 1 aliphatic rings. The second-order valence-corrected chi connectivity index (χ2v) is 6.79. The van der Waals surface area contributed by atoms with Crippen molar-refractivity contribution in [2.45, 2.75) is 25.3 Å². The van der Waals surface area contributed by atoms with E-state index in [1.54, 1.807) is 23.7 Å². The van der Waals surface area contributed by atoms with Crippen LogP contribution in [0.25, 0.3) is 0 Å². The van der Waals surface area contributed by atoms with Gasteiger partial charge in [0.15, 0.2) is 0 Å². The maximum atomic E-state index is 12.6.